The second kappa shape index (κ2) is 11.0. The van der Waals surface area contributed by atoms with Crippen molar-refractivity contribution < 1.29 is 29.3 Å². The van der Waals surface area contributed by atoms with Crippen molar-refractivity contribution >= 4 is 18.3 Å². The van der Waals surface area contributed by atoms with Crippen LogP contribution in [0.15, 0.2) is 0 Å². The summed E-state index contributed by atoms with van der Waals surface area (Å²) >= 11 is 0. The number of likely N-dealkylation sites (N-methyl/N-ethyl adjacent to an activating group) is 1. The van der Waals surface area contributed by atoms with Gasteiger partial charge in [0.15, 0.2) is 0 Å². The van der Waals surface area contributed by atoms with E-state index in [9.17, 15) is 9.59 Å². The number of nitrogens with zero attached hydrogens (tertiary/aromatic N) is 2. The fraction of sp³-hybridized carbons (Fsp3) is 0.800. The van der Waals surface area contributed by atoms with Gasteiger partial charge < -0.3 is 25.2 Å². The number of piperazine rings is 1. The van der Waals surface area contributed by atoms with E-state index in [0.717, 1.165) is 26.2 Å². The second-order valence-corrected chi connectivity index (χ2v) is 5.97. The Kier molecular flexibility index (Phi) is 9.28. The molecule has 0 aromatic heterocycles. The van der Waals surface area contributed by atoms with E-state index in [1.807, 2.05) is 0 Å². The van der Waals surface area contributed by atoms with Gasteiger partial charge in [0.1, 0.15) is 0 Å². The van der Waals surface area contributed by atoms with Gasteiger partial charge >= 0.3 is 5.97 Å². The highest BCUT2D eigenvalue weighted by Gasteiger charge is 2.35. The van der Waals surface area contributed by atoms with Crippen LogP contribution < -0.4 is 5.32 Å². The Hall–Kier alpha value is -1.71. The predicted molar refractivity (Wildman–Crippen MR) is 85.8 cm³/mol. The number of carboxylic acid groups (broad SMARTS) is 2. The normalized spacial score (nSPS) is 24.7. The molecule has 0 aliphatic carbocycles. The molecule has 9 nitrogen and oxygen atoms in total. The number of carbonyl (C=O) groups is 3. The zero-order valence-corrected chi connectivity index (χ0v) is 14.0. The van der Waals surface area contributed by atoms with Crippen LogP contribution in [0.4, 0.5) is 0 Å². The minimum absolute atomic E-state index is 0.0192. The Morgan fingerprint density at radius 2 is 1.83 bits per heavy atom. The third kappa shape index (κ3) is 7.24. The molecule has 0 aromatic rings. The maximum absolute atomic E-state index is 11.9. The molecule has 1 amide bonds. The molecule has 138 valence electrons. The van der Waals surface area contributed by atoms with E-state index in [-0.39, 0.29) is 37.3 Å². The van der Waals surface area contributed by atoms with Crippen molar-refractivity contribution in [2.75, 3.05) is 46.4 Å². The first-order chi connectivity index (χ1) is 11.5. The minimum atomic E-state index is -0.859. The molecule has 2 fully saturated rings. The molecule has 2 aliphatic heterocycles. The lowest BCUT2D eigenvalue weighted by Gasteiger charge is -2.38. The summed E-state index contributed by atoms with van der Waals surface area (Å²) in [4.78, 5) is 35.4. The third-order valence-electron chi connectivity index (χ3n) is 4.20. The summed E-state index contributed by atoms with van der Waals surface area (Å²) in [7, 11) is 2.12. The number of carbonyl (C=O) groups excluding carboxylic acids is 1. The number of aliphatic carboxylic acids is 1. The smallest absolute Gasteiger partial charge is 0.303 e. The Bertz CT molecular complexity index is 412. The van der Waals surface area contributed by atoms with Crippen molar-refractivity contribution in [2.24, 2.45) is 0 Å². The van der Waals surface area contributed by atoms with Crippen LogP contribution in [0.3, 0.4) is 0 Å². The highest BCUT2D eigenvalue weighted by molar-refractivity contribution is 5.77. The summed E-state index contributed by atoms with van der Waals surface area (Å²) in [6, 6.07) is 0.257. The highest BCUT2D eigenvalue weighted by Crippen LogP contribution is 2.15. The van der Waals surface area contributed by atoms with Gasteiger partial charge in [-0.1, -0.05) is 0 Å². The average molecular weight is 345 g/mol. The molecule has 0 saturated carbocycles. The van der Waals surface area contributed by atoms with E-state index < -0.39 is 5.97 Å². The molecule has 2 heterocycles. The van der Waals surface area contributed by atoms with E-state index in [1.165, 1.54) is 0 Å². The SMILES string of the molecule is CN1CCN([C@H]2COC[C@@H]2NC(=O)CCCC(=O)O)CC1.O=CO. The summed E-state index contributed by atoms with van der Waals surface area (Å²) in [5, 5.41) is 18.5. The molecule has 2 rings (SSSR count). The third-order valence-corrected chi connectivity index (χ3v) is 4.20. The summed E-state index contributed by atoms with van der Waals surface area (Å²) in [6.45, 7) is 5.02. The zero-order chi connectivity index (χ0) is 17.9. The summed E-state index contributed by atoms with van der Waals surface area (Å²) < 4.78 is 5.53. The van der Waals surface area contributed by atoms with Gasteiger partial charge in [-0.2, -0.15) is 0 Å². The van der Waals surface area contributed by atoms with Gasteiger partial charge in [0.2, 0.25) is 5.91 Å². The fourth-order valence-corrected chi connectivity index (χ4v) is 2.87. The van der Waals surface area contributed by atoms with Crippen molar-refractivity contribution in [1.82, 2.24) is 15.1 Å². The summed E-state index contributed by atoms with van der Waals surface area (Å²) in [5.74, 6) is -0.937. The number of ether oxygens (including phenoxy) is 1. The van der Waals surface area contributed by atoms with Crippen LogP contribution >= 0.6 is 0 Å². The lowest BCUT2D eigenvalue weighted by Crippen LogP contribution is -2.56. The second-order valence-electron chi connectivity index (χ2n) is 5.97. The molecule has 0 unspecified atom stereocenters. The number of amides is 1. The van der Waals surface area contributed by atoms with Crippen LogP contribution in [0.1, 0.15) is 19.3 Å². The predicted octanol–water partition coefficient (Wildman–Crippen LogP) is -0.927. The van der Waals surface area contributed by atoms with Crippen molar-refractivity contribution in [3.05, 3.63) is 0 Å². The monoisotopic (exact) mass is 345 g/mol. The number of rotatable bonds is 6. The maximum atomic E-state index is 11.9. The molecule has 9 heteroatoms. The molecule has 2 saturated heterocycles. The van der Waals surface area contributed by atoms with Crippen molar-refractivity contribution in [3.8, 4) is 0 Å². The van der Waals surface area contributed by atoms with E-state index in [2.05, 4.69) is 22.2 Å². The first-order valence-corrected chi connectivity index (χ1v) is 8.07. The van der Waals surface area contributed by atoms with Crippen LogP contribution in [0.25, 0.3) is 0 Å². The molecule has 2 aliphatic rings. The lowest BCUT2D eigenvalue weighted by molar-refractivity contribution is -0.137. The van der Waals surface area contributed by atoms with E-state index in [0.29, 0.717) is 19.6 Å². The Labute approximate surface area is 141 Å². The van der Waals surface area contributed by atoms with E-state index in [4.69, 9.17) is 19.7 Å². The van der Waals surface area contributed by atoms with Crippen molar-refractivity contribution in [1.29, 1.82) is 0 Å². The molecular weight excluding hydrogens is 318 g/mol. The van der Waals surface area contributed by atoms with Crippen LogP contribution in [-0.4, -0.2) is 96.9 Å². The number of carboxylic acids is 1. The molecule has 0 radical (unpaired) electrons. The molecular formula is C15H27N3O6. The topological polar surface area (TPSA) is 119 Å². The Balaban J connectivity index is 0.000000891. The van der Waals surface area contributed by atoms with Gasteiger partial charge in [0.25, 0.3) is 6.47 Å². The first-order valence-electron chi connectivity index (χ1n) is 8.07. The summed E-state index contributed by atoms with van der Waals surface area (Å²) in [6.07, 6.45) is 0.683. The van der Waals surface area contributed by atoms with Gasteiger partial charge in [-0.3, -0.25) is 19.3 Å². The molecule has 0 aromatic carbocycles. The molecule has 3 N–H and O–H groups in total. The number of hydrogen-bond donors (Lipinski definition) is 3. The molecule has 0 spiro atoms. The molecule has 2 atom stereocenters. The van der Waals surface area contributed by atoms with Crippen LogP contribution in [0, 0.1) is 0 Å². The highest BCUT2D eigenvalue weighted by atomic mass is 16.5. The molecule has 24 heavy (non-hydrogen) atoms. The number of hydrogen-bond acceptors (Lipinski definition) is 6. The number of nitrogens with one attached hydrogen (secondary N) is 1. The van der Waals surface area contributed by atoms with Gasteiger partial charge in [0.05, 0.1) is 25.3 Å². The average Bonchev–Trinajstić information content (AvgIpc) is 2.96. The van der Waals surface area contributed by atoms with Crippen LogP contribution in [0.5, 0.6) is 0 Å². The van der Waals surface area contributed by atoms with Gasteiger partial charge in [-0.05, 0) is 13.5 Å². The maximum Gasteiger partial charge on any atom is 0.303 e. The zero-order valence-electron chi connectivity index (χ0n) is 14.0. The van der Waals surface area contributed by atoms with E-state index in [1.54, 1.807) is 0 Å². The van der Waals surface area contributed by atoms with Gasteiger partial charge in [0, 0.05) is 39.0 Å². The quantitative estimate of drug-likeness (QED) is 0.529. The van der Waals surface area contributed by atoms with Gasteiger partial charge in [-0.15, -0.1) is 0 Å². The van der Waals surface area contributed by atoms with Crippen LogP contribution in [-0.2, 0) is 19.1 Å². The lowest BCUT2D eigenvalue weighted by atomic mass is 10.1. The molecule has 0 bridgehead atoms. The van der Waals surface area contributed by atoms with Crippen molar-refractivity contribution in [2.45, 2.75) is 31.3 Å². The first kappa shape index (κ1) is 20.3. The van der Waals surface area contributed by atoms with E-state index >= 15 is 0 Å². The Morgan fingerprint density at radius 1 is 1.21 bits per heavy atom. The van der Waals surface area contributed by atoms with Gasteiger partial charge in [-0.25, -0.2) is 0 Å². The summed E-state index contributed by atoms with van der Waals surface area (Å²) in [5.41, 5.74) is 0. The standard InChI is InChI=1S/C14H25N3O4.CH2O2/c1-16-5-7-17(8-6-16)12-10-21-9-11(12)15-13(18)3-2-4-14(19)20;2-1-3/h11-12H,2-10H2,1H3,(H,15,18)(H,19,20);1H,(H,2,3)/t11-,12-;/m0./s1. The Morgan fingerprint density at radius 3 is 2.42 bits per heavy atom. The van der Waals surface area contributed by atoms with Crippen molar-refractivity contribution in [3.63, 3.8) is 0 Å². The fourth-order valence-electron chi connectivity index (χ4n) is 2.87. The van der Waals surface area contributed by atoms with Crippen LogP contribution in [0.2, 0.25) is 0 Å². The minimum Gasteiger partial charge on any atom is -0.483 e. The largest absolute Gasteiger partial charge is 0.483 e.